The van der Waals surface area contributed by atoms with E-state index in [1.807, 2.05) is 19.9 Å². The van der Waals surface area contributed by atoms with Gasteiger partial charge in [-0.05, 0) is 88.8 Å². The number of nitrogens with one attached hydrogen (secondary N) is 2. The van der Waals surface area contributed by atoms with Gasteiger partial charge < -0.3 is 20.4 Å². The number of aromatic nitrogens is 2. The predicted molar refractivity (Wildman–Crippen MR) is 153 cm³/mol. The second kappa shape index (κ2) is 14.2. The monoisotopic (exact) mass is 544 g/mol. The van der Waals surface area contributed by atoms with Crippen LogP contribution in [0.1, 0.15) is 92.8 Å². The molecule has 0 saturated carbocycles. The average Bonchev–Trinajstić information content (AvgIpc) is 3.37. The minimum Gasteiger partial charge on any atom is -0.340 e. The van der Waals surface area contributed by atoms with Gasteiger partial charge in [-0.15, -0.1) is 0 Å². The molecule has 5 heterocycles. The third-order valence-electron chi connectivity index (χ3n) is 8.18. The van der Waals surface area contributed by atoms with Crippen molar-refractivity contribution in [2.75, 3.05) is 44.2 Å². The molecule has 6 rings (SSSR count). The topological polar surface area (TPSA) is 65.4 Å². The van der Waals surface area contributed by atoms with Crippen LogP contribution in [0.3, 0.4) is 0 Å². The van der Waals surface area contributed by atoms with E-state index in [2.05, 4.69) is 20.2 Å². The van der Waals surface area contributed by atoms with E-state index in [1.165, 1.54) is 38.0 Å². The summed E-state index contributed by atoms with van der Waals surface area (Å²) in [5.74, 6) is 0.838. The first-order chi connectivity index (χ1) is 19.1. The lowest BCUT2D eigenvalue weighted by Crippen LogP contribution is -2.33. The molecule has 216 valence electrons. The molecular formula is C30H46F2N6O. The SMILES string of the molecule is C1CCNCC1.CC.Cc1cc2c(cc1C(F)F)N(c1nn(C3CCNCC3)c3c1CN(C=O)CC3)CCC2. The first kappa shape index (κ1) is 29.5. The van der Waals surface area contributed by atoms with E-state index in [4.69, 9.17) is 5.10 Å². The Hall–Kier alpha value is -2.52. The molecule has 1 aromatic carbocycles. The molecule has 4 aliphatic rings. The lowest BCUT2D eigenvalue weighted by Gasteiger charge is -2.32. The second-order valence-corrected chi connectivity index (χ2v) is 10.7. The van der Waals surface area contributed by atoms with E-state index in [0.29, 0.717) is 24.7 Å². The van der Waals surface area contributed by atoms with Crippen LogP contribution < -0.4 is 15.5 Å². The number of nitrogens with zero attached hydrogens (tertiary/aromatic N) is 4. The second-order valence-electron chi connectivity index (χ2n) is 10.7. The third-order valence-corrected chi connectivity index (χ3v) is 8.18. The maximum absolute atomic E-state index is 13.7. The standard InChI is InChI=1S/C23H29F2N5O.C5H11N.C2H6/c1-15-11-16-3-2-9-29(21(16)12-18(15)22(24)25)23-19-13-28(14-31)10-6-20(19)30(27-23)17-4-7-26-8-5-17;1-2-4-6-5-3-1;1-2/h11-12,14,17,22,26H,2-10,13H2,1H3;6H,1-5H2;1-2H3. The number of anilines is 2. The minimum atomic E-state index is -2.50. The summed E-state index contributed by atoms with van der Waals surface area (Å²) in [6, 6.07) is 3.91. The van der Waals surface area contributed by atoms with Crippen molar-refractivity contribution in [3.05, 3.63) is 40.1 Å². The van der Waals surface area contributed by atoms with Gasteiger partial charge in [0.1, 0.15) is 0 Å². The van der Waals surface area contributed by atoms with Crippen LogP contribution in [0.2, 0.25) is 0 Å². The molecule has 1 amide bonds. The van der Waals surface area contributed by atoms with Crippen LogP contribution in [0.4, 0.5) is 20.3 Å². The van der Waals surface area contributed by atoms with E-state index in [9.17, 15) is 13.6 Å². The Morgan fingerprint density at radius 1 is 0.974 bits per heavy atom. The van der Waals surface area contributed by atoms with E-state index in [1.54, 1.807) is 17.9 Å². The molecule has 1 aromatic heterocycles. The Labute approximate surface area is 232 Å². The smallest absolute Gasteiger partial charge is 0.264 e. The predicted octanol–water partition coefficient (Wildman–Crippen LogP) is 5.44. The Morgan fingerprint density at radius 3 is 2.31 bits per heavy atom. The minimum absolute atomic E-state index is 0.0897. The Balaban J connectivity index is 0.000000385. The highest BCUT2D eigenvalue weighted by Crippen LogP contribution is 2.41. The summed E-state index contributed by atoms with van der Waals surface area (Å²) in [5, 5.41) is 11.8. The molecule has 2 fully saturated rings. The fraction of sp³-hybridized carbons (Fsp3) is 0.667. The van der Waals surface area contributed by atoms with Gasteiger partial charge in [0.2, 0.25) is 6.41 Å². The first-order valence-electron chi connectivity index (χ1n) is 15.0. The van der Waals surface area contributed by atoms with E-state index in [0.717, 1.165) is 80.8 Å². The van der Waals surface area contributed by atoms with E-state index < -0.39 is 6.43 Å². The van der Waals surface area contributed by atoms with Crippen molar-refractivity contribution in [3.63, 3.8) is 0 Å². The van der Waals surface area contributed by atoms with Crippen LogP contribution in [0, 0.1) is 6.92 Å². The fourth-order valence-corrected chi connectivity index (χ4v) is 6.14. The molecule has 0 spiro atoms. The van der Waals surface area contributed by atoms with Gasteiger partial charge in [0.05, 0.1) is 12.6 Å². The first-order valence-corrected chi connectivity index (χ1v) is 15.0. The number of carbonyl (C=O) groups excluding carboxylic acids is 1. The zero-order valence-corrected chi connectivity index (χ0v) is 23.9. The van der Waals surface area contributed by atoms with Gasteiger partial charge in [-0.25, -0.2) is 8.78 Å². The zero-order valence-electron chi connectivity index (χ0n) is 23.9. The molecule has 4 aliphatic heterocycles. The number of carbonyl (C=O) groups is 1. The van der Waals surface area contributed by atoms with E-state index in [-0.39, 0.29) is 5.56 Å². The molecule has 0 aliphatic carbocycles. The van der Waals surface area contributed by atoms with Crippen LogP contribution in [-0.4, -0.2) is 60.4 Å². The summed E-state index contributed by atoms with van der Waals surface area (Å²) < 4.78 is 29.5. The molecule has 2 N–H and O–H groups in total. The largest absolute Gasteiger partial charge is 0.340 e. The number of alkyl halides is 2. The van der Waals surface area contributed by atoms with Gasteiger partial charge in [0.25, 0.3) is 6.43 Å². The van der Waals surface area contributed by atoms with Crippen molar-refractivity contribution in [2.45, 2.75) is 91.1 Å². The molecule has 0 atom stereocenters. The fourth-order valence-electron chi connectivity index (χ4n) is 6.14. The summed E-state index contributed by atoms with van der Waals surface area (Å²) in [6.07, 6.45) is 7.28. The average molecular weight is 545 g/mol. The number of fused-ring (bicyclic) bond motifs is 2. The van der Waals surface area contributed by atoms with Crippen molar-refractivity contribution < 1.29 is 13.6 Å². The molecular weight excluding hydrogens is 498 g/mol. The lowest BCUT2D eigenvalue weighted by atomic mass is 9.95. The van der Waals surface area contributed by atoms with Crippen molar-refractivity contribution in [2.24, 2.45) is 0 Å². The van der Waals surface area contributed by atoms with E-state index >= 15 is 0 Å². The van der Waals surface area contributed by atoms with Crippen LogP contribution in [0.15, 0.2) is 12.1 Å². The Morgan fingerprint density at radius 2 is 1.69 bits per heavy atom. The van der Waals surface area contributed by atoms with Gasteiger partial charge in [-0.1, -0.05) is 26.3 Å². The van der Waals surface area contributed by atoms with Gasteiger partial charge in [0.15, 0.2) is 5.82 Å². The lowest BCUT2D eigenvalue weighted by molar-refractivity contribution is -0.118. The van der Waals surface area contributed by atoms with Crippen molar-refractivity contribution in [3.8, 4) is 0 Å². The number of rotatable bonds is 4. The quantitative estimate of drug-likeness (QED) is 0.502. The van der Waals surface area contributed by atoms with Crippen molar-refractivity contribution in [1.29, 1.82) is 0 Å². The maximum Gasteiger partial charge on any atom is 0.264 e. The van der Waals surface area contributed by atoms with Gasteiger partial charge >= 0.3 is 0 Å². The number of halogens is 2. The Kier molecular flexibility index (Phi) is 10.7. The number of hydrogen-bond donors (Lipinski definition) is 2. The van der Waals surface area contributed by atoms with Crippen molar-refractivity contribution >= 4 is 17.9 Å². The molecule has 7 nitrogen and oxygen atoms in total. The van der Waals surface area contributed by atoms with Gasteiger partial charge in [-0.3, -0.25) is 9.48 Å². The summed E-state index contributed by atoms with van der Waals surface area (Å²) in [6.45, 7) is 12.2. The highest BCUT2D eigenvalue weighted by molar-refractivity contribution is 5.70. The number of amides is 1. The molecule has 9 heteroatoms. The summed E-state index contributed by atoms with van der Waals surface area (Å²) in [7, 11) is 0. The normalized spacial score (nSPS) is 19.3. The van der Waals surface area contributed by atoms with Crippen LogP contribution >= 0.6 is 0 Å². The Bertz CT molecular complexity index is 1070. The number of benzene rings is 1. The molecule has 0 bridgehead atoms. The third kappa shape index (κ3) is 6.80. The van der Waals surface area contributed by atoms with Crippen LogP contribution in [-0.2, 0) is 24.2 Å². The molecule has 0 radical (unpaired) electrons. The highest BCUT2D eigenvalue weighted by atomic mass is 19.3. The number of hydrogen-bond acceptors (Lipinski definition) is 5. The maximum atomic E-state index is 13.7. The van der Waals surface area contributed by atoms with Crippen molar-refractivity contribution in [1.82, 2.24) is 25.3 Å². The number of piperidine rings is 2. The van der Waals surface area contributed by atoms with Crippen LogP contribution in [0.25, 0.3) is 0 Å². The molecule has 39 heavy (non-hydrogen) atoms. The van der Waals surface area contributed by atoms with Gasteiger partial charge in [-0.2, -0.15) is 5.10 Å². The summed E-state index contributed by atoms with van der Waals surface area (Å²) in [5.41, 5.74) is 4.95. The zero-order chi connectivity index (χ0) is 27.8. The highest BCUT2D eigenvalue weighted by Gasteiger charge is 2.32. The van der Waals surface area contributed by atoms with Crippen LogP contribution in [0.5, 0.6) is 0 Å². The molecule has 0 unspecified atom stereocenters. The summed E-state index contributed by atoms with van der Waals surface area (Å²) >= 11 is 0. The van der Waals surface area contributed by atoms with Gasteiger partial charge in [0, 0.05) is 42.0 Å². The molecule has 2 saturated heterocycles. The summed E-state index contributed by atoms with van der Waals surface area (Å²) in [4.78, 5) is 15.4. The molecule has 2 aromatic rings. The number of aryl methyl sites for hydroxylation is 2.